The maximum atomic E-state index is 12.5. The minimum atomic E-state index is -0.440. The van der Waals surface area contributed by atoms with Gasteiger partial charge in [-0.15, -0.1) is 0 Å². The lowest BCUT2D eigenvalue weighted by Crippen LogP contribution is -2.44. The van der Waals surface area contributed by atoms with Gasteiger partial charge >= 0.3 is 0 Å². The Bertz CT molecular complexity index is 964. The summed E-state index contributed by atoms with van der Waals surface area (Å²) in [5, 5.41) is 0. The topological polar surface area (TPSA) is 67.4 Å². The average molecular weight is 374 g/mol. The molecule has 0 atom stereocenters. The Kier molecular flexibility index (Phi) is 6.07. The first-order chi connectivity index (χ1) is 13.5. The third-order valence-electron chi connectivity index (χ3n) is 4.14. The molecule has 0 unspecified atom stereocenters. The second-order valence-corrected chi connectivity index (χ2v) is 6.53. The van der Waals surface area contributed by atoms with Crippen molar-refractivity contribution in [2.24, 2.45) is 0 Å². The van der Waals surface area contributed by atoms with Crippen molar-refractivity contribution in [1.82, 2.24) is 10.9 Å². The number of amides is 2. The lowest BCUT2D eigenvalue weighted by Gasteiger charge is -2.12. The zero-order valence-corrected chi connectivity index (χ0v) is 15.9. The van der Waals surface area contributed by atoms with E-state index in [9.17, 15) is 9.59 Å². The van der Waals surface area contributed by atoms with E-state index in [1.54, 1.807) is 12.1 Å². The molecule has 0 aliphatic heterocycles. The van der Waals surface area contributed by atoms with Crippen LogP contribution in [-0.2, 0) is 4.79 Å². The van der Waals surface area contributed by atoms with Gasteiger partial charge in [-0.25, -0.2) is 0 Å². The lowest BCUT2D eigenvalue weighted by atomic mass is 9.99. The zero-order chi connectivity index (χ0) is 19.9. The van der Waals surface area contributed by atoms with Crippen molar-refractivity contribution < 1.29 is 14.3 Å². The molecule has 0 aromatic heterocycles. The molecule has 0 saturated heterocycles. The third kappa shape index (κ3) is 4.98. The second-order valence-electron chi connectivity index (χ2n) is 6.53. The molecule has 0 bridgehead atoms. The van der Waals surface area contributed by atoms with Gasteiger partial charge in [0.05, 0.1) is 0 Å². The van der Waals surface area contributed by atoms with Gasteiger partial charge in [-0.3, -0.25) is 20.4 Å². The molecule has 142 valence electrons. The second kappa shape index (κ2) is 8.86. The van der Waals surface area contributed by atoms with E-state index in [0.717, 1.165) is 22.3 Å². The average Bonchev–Trinajstić information content (AvgIpc) is 2.70. The molecular weight excluding hydrogens is 352 g/mol. The molecule has 5 heteroatoms. The van der Waals surface area contributed by atoms with E-state index in [4.69, 9.17) is 4.74 Å². The van der Waals surface area contributed by atoms with Crippen molar-refractivity contribution >= 4 is 11.8 Å². The summed E-state index contributed by atoms with van der Waals surface area (Å²) in [6.45, 7) is 3.73. The van der Waals surface area contributed by atoms with Crippen LogP contribution in [0.5, 0.6) is 5.75 Å². The summed E-state index contributed by atoms with van der Waals surface area (Å²) in [6, 6.07) is 22.6. The fourth-order valence-corrected chi connectivity index (χ4v) is 2.95. The van der Waals surface area contributed by atoms with Crippen LogP contribution >= 0.6 is 0 Å². The van der Waals surface area contributed by atoms with Crippen LogP contribution in [-0.4, -0.2) is 18.4 Å². The Labute approximate surface area is 164 Å². The molecule has 0 radical (unpaired) electrons. The van der Waals surface area contributed by atoms with Gasteiger partial charge < -0.3 is 4.74 Å². The highest BCUT2D eigenvalue weighted by Gasteiger charge is 2.13. The summed E-state index contributed by atoms with van der Waals surface area (Å²) in [6.07, 6.45) is 0. The first-order valence-electron chi connectivity index (χ1n) is 8.97. The van der Waals surface area contributed by atoms with E-state index in [-0.39, 0.29) is 12.5 Å². The van der Waals surface area contributed by atoms with E-state index in [1.807, 2.05) is 74.5 Å². The van der Waals surface area contributed by atoms with E-state index < -0.39 is 5.91 Å². The third-order valence-corrected chi connectivity index (χ3v) is 4.14. The quantitative estimate of drug-likeness (QED) is 0.668. The Morgan fingerprint density at radius 1 is 0.821 bits per heavy atom. The van der Waals surface area contributed by atoms with Gasteiger partial charge in [0.2, 0.25) is 0 Å². The zero-order valence-electron chi connectivity index (χ0n) is 15.9. The van der Waals surface area contributed by atoms with Crippen molar-refractivity contribution in [3.8, 4) is 16.9 Å². The summed E-state index contributed by atoms with van der Waals surface area (Å²) in [5.41, 5.74) is 9.16. The molecule has 0 aliphatic rings. The molecular formula is C23H22N2O3. The largest absolute Gasteiger partial charge is 0.484 e. The van der Waals surface area contributed by atoms with Gasteiger partial charge in [-0.1, -0.05) is 54.6 Å². The van der Waals surface area contributed by atoms with Crippen molar-refractivity contribution in [3.63, 3.8) is 0 Å². The number of nitrogens with one attached hydrogen (secondary N) is 2. The molecule has 0 fully saturated rings. The van der Waals surface area contributed by atoms with E-state index in [1.165, 1.54) is 0 Å². The number of rotatable bonds is 5. The predicted molar refractivity (Wildman–Crippen MR) is 109 cm³/mol. The Hall–Kier alpha value is -3.60. The molecule has 0 aliphatic carbocycles. The summed E-state index contributed by atoms with van der Waals surface area (Å²) in [5.74, 6) is -0.211. The fraction of sp³-hybridized carbons (Fsp3) is 0.130. The molecule has 3 aromatic rings. The summed E-state index contributed by atoms with van der Waals surface area (Å²) < 4.78 is 5.50. The summed E-state index contributed by atoms with van der Waals surface area (Å²) in [7, 11) is 0. The van der Waals surface area contributed by atoms with Crippen molar-refractivity contribution in [2.75, 3.05) is 6.61 Å². The minimum Gasteiger partial charge on any atom is -0.484 e. The SMILES string of the molecule is Cc1cc(C)cc(OCC(=O)NNC(=O)c2ccccc2-c2ccccc2)c1. The Morgan fingerprint density at radius 3 is 2.18 bits per heavy atom. The van der Waals surface area contributed by atoms with Gasteiger partial charge in [0.1, 0.15) is 5.75 Å². The number of carbonyl (C=O) groups is 2. The number of aryl methyl sites for hydroxylation is 2. The van der Waals surface area contributed by atoms with Crippen LogP contribution in [0.1, 0.15) is 21.5 Å². The van der Waals surface area contributed by atoms with Crippen LogP contribution in [0.4, 0.5) is 0 Å². The molecule has 2 N–H and O–H groups in total. The van der Waals surface area contributed by atoms with E-state index in [2.05, 4.69) is 10.9 Å². The van der Waals surface area contributed by atoms with E-state index >= 15 is 0 Å². The molecule has 2 amide bonds. The van der Waals surface area contributed by atoms with Gasteiger partial charge in [0.25, 0.3) is 11.8 Å². The van der Waals surface area contributed by atoms with Crippen LogP contribution in [0.15, 0.2) is 72.8 Å². The number of hydrazine groups is 1. The normalized spacial score (nSPS) is 10.2. The lowest BCUT2D eigenvalue weighted by molar-refractivity contribution is -0.123. The molecule has 3 aromatic carbocycles. The predicted octanol–water partition coefficient (Wildman–Crippen LogP) is 3.81. The van der Waals surface area contributed by atoms with Gasteiger partial charge in [-0.05, 0) is 54.3 Å². The number of carbonyl (C=O) groups excluding carboxylic acids is 2. The van der Waals surface area contributed by atoms with Crippen LogP contribution < -0.4 is 15.6 Å². The number of hydrogen-bond donors (Lipinski definition) is 2. The van der Waals surface area contributed by atoms with Crippen molar-refractivity contribution in [3.05, 3.63) is 89.5 Å². The van der Waals surface area contributed by atoms with Crippen molar-refractivity contribution in [2.45, 2.75) is 13.8 Å². The number of benzene rings is 3. The van der Waals surface area contributed by atoms with Gasteiger partial charge in [0, 0.05) is 5.56 Å². The number of hydrogen-bond acceptors (Lipinski definition) is 3. The van der Waals surface area contributed by atoms with Crippen LogP contribution in [0.25, 0.3) is 11.1 Å². The highest BCUT2D eigenvalue weighted by molar-refractivity contribution is 6.01. The first-order valence-corrected chi connectivity index (χ1v) is 8.97. The maximum absolute atomic E-state index is 12.5. The number of ether oxygens (including phenoxy) is 1. The van der Waals surface area contributed by atoms with Gasteiger partial charge in [0.15, 0.2) is 6.61 Å². The molecule has 3 rings (SSSR count). The standard InChI is InChI=1S/C23H22N2O3/c1-16-12-17(2)14-19(13-16)28-15-22(26)24-25-23(27)21-11-7-6-10-20(21)18-8-4-3-5-9-18/h3-14H,15H2,1-2H3,(H,24,26)(H,25,27). The molecule has 0 spiro atoms. The molecule has 5 nitrogen and oxygen atoms in total. The smallest absolute Gasteiger partial charge is 0.276 e. The highest BCUT2D eigenvalue weighted by Crippen LogP contribution is 2.23. The molecule has 0 heterocycles. The van der Waals surface area contributed by atoms with Crippen LogP contribution in [0.3, 0.4) is 0 Å². The summed E-state index contributed by atoms with van der Waals surface area (Å²) in [4.78, 5) is 24.6. The summed E-state index contributed by atoms with van der Waals surface area (Å²) >= 11 is 0. The minimum absolute atomic E-state index is 0.191. The first kappa shape index (κ1) is 19.2. The Balaban J connectivity index is 1.59. The van der Waals surface area contributed by atoms with Crippen LogP contribution in [0.2, 0.25) is 0 Å². The maximum Gasteiger partial charge on any atom is 0.276 e. The fourth-order valence-electron chi connectivity index (χ4n) is 2.95. The van der Waals surface area contributed by atoms with Gasteiger partial charge in [-0.2, -0.15) is 0 Å². The monoisotopic (exact) mass is 374 g/mol. The van der Waals surface area contributed by atoms with Crippen LogP contribution in [0, 0.1) is 13.8 Å². The molecule has 0 saturated carbocycles. The molecule has 28 heavy (non-hydrogen) atoms. The van der Waals surface area contributed by atoms with E-state index in [0.29, 0.717) is 11.3 Å². The van der Waals surface area contributed by atoms with Crippen molar-refractivity contribution in [1.29, 1.82) is 0 Å². The Morgan fingerprint density at radius 2 is 1.46 bits per heavy atom. The highest BCUT2D eigenvalue weighted by atomic mass is 16.5.